The Balaban J connectivity index is 2.71. The van der Waals surface area contributed by atoms with Crippen LogP contribution in [0.3, 0.4) is 0 Å². The molecule has 17 heavy (non-hydrogen) atoms. The van der Waals surface area contributed by atoms with Crippen molar-refractivity contribution in [2.45, 2.75) is 12.5 Å². The summed E-state index contributed by atoms with van der Waals surface area (Å²) in [6.45, 7) is 0. The first-order valence-corrected chi connectivity index (χ1v) is 5.01. The Morgan fingerprint density at radius 3 is 2.71 bits per heavy atom. The maximum atomic E-state index is 12.7. The van der Waals surface area contributed by atoms with Crippen molar-refractivity contribution in [1.29, 1.82) is 0 Å². The number of nitrogens with two attached hydrogens (primary N) is 1. The molecule has 0 aliphatic rings. The Kier molecular flexibility index (Phi) is 4.42. The van der Waals surface area contributed by atoms with E-state index in [9.17, 15) is 14.0 Å². The SMILES string of the molecule is NC(CC(=O)O)C(=O)Nc1ccc(F)cc1Cl. The molecule has 0 heterocycles. The van der Waals surface area contributed by atoms with Crippen molar-refractivity contribution in [3.63, 3.8) is 0 Å². The molecule has 0 saturated carbocycles. The monoisotopic (exact) mass is 260 g/mol. The number of amides is 1. The molecule has 4 N–H and O–H groups in total. The van der Waals surface area contributed by atoms with Crippen LogP contribution in [0.15, 0.2) is 18.2 Å². The number of carboxylic acids is 1. The van der Waals surface area contributed by atoms with E-state index in [0.29, 0.717) is 0 Å². The normalized spacial score (nSPS) is 11.9. The summed E-state index contributed by atoms with van der Waals surface area (Å²) < 4.78 is 12.7. The van der Waals surface area contributed by atoms with Crippen molar-refractivity contribution in [2.24, 2.45) is 5.73 Å². The van der Waals surface area contributed by atoms with Crippen LogP contribution < -0.4 is 11.1 Å². The molecule has 0 saturated heterocycles. The van der Waals surface area contributed by atoms with Crippen LogP contribution in [0.5, 0.6) is 0 Å². The highest BCUT2D eigenvalue weighted by atomic mass is 35.5. The lowest BCUT2D eigenvalue weighted by Gasteiger charge is -2.11. The van der Waals surface area contributed by atoms with Crippen molar-refractivity contribution < 1.29 is 19.1 Å². The highest BCUT2D eigenvalue weighted by Gasteiger charge is 2.17. The number of halogens is 2. The minimum atomic E-state index is -1.19. The molecule has 1 rings (SSSR count). The minimum absolute atomic E-state index is 0.0147. The standard InChI is InChI=1S/C10H10ClFN2O3/c11-6-3-5(12)1-2-8(6)14-10(17)7(13)4-9(15)16/h1-3,7H,4,13H2,(H,14,17)(H,15,16). The number of carbonyl (C=O) groups is 2. The third-order valence-electron chi connectivity index (χ3n) is 1.92. The smallest absolute Gasteiger partial charge is 0.305 e. The fourth-order valence-corrected chi connectivity index (χ4v) is 1.31. The molecule has 0 bridgehead atoms. The summed E-state index contributed by atoms with van der Waals surface area (Å²) in [5, 5.41) is 10.8. The highest BCUT2D eigenvalue weighted by molar-refractivity contribution is 6.33. The number of carbonyl (C=O) groups excluding carboxylic acids is 1. The third-order valence-corrected chi connectivity index (χ3v) is 2.23. The molecule has 1 atom stereocenters. The maximum absolute atomic E-state index is 12.7. The molecular weight excluding hydrogens is 251 g/mol. The fraction of sp³-hybridized carbons (Fsp3) is 0.200. The summed E-state index contributed by atoms with van der Waals surface area (Å²) in [5.74, 6) is -2.42. The number of aliphatic carboxylic acids is 1. The van der Waals surface area contributed by atoms with E-state index in [1.807, 2.05) is 0 Å². The number of nitrogens with one attached hydrogen (secondary N) is 1. The van der Waals surface area contributed by atoms with Gasteiger partial charge in [-0.15, -0.1) is 0 Å². The Morgan fingerprint density at radius 1 is 1.53 bits per heavy atom. The molecule has 1 unspecified atom stereocenters. The summed E-state index contributed by atoms with van der Waals surface area (Å²) >= 11 is 5.67. The molecule has 1 amide bonds. The molecule has 0 radical (unpaired) electrons. The van der Waals surface area contributed by atoms with Crippen LogP contribution in [-0.4, -0.2) is 23.0 Å². The van der Waals surface area contributed by atoms with Crippen LogP contribution in [0.1, 0.15) is 6.42 Å². The first-order chi connectivity index (χ1) is 7.90. The van der Waals surface area contributed by atoms with Gasteiger partial charge in [0.25, 0.3) is 0 Å². The quantitative estimate of drug-likeness (QED) is 0.759. The second-order valence-electron chi connectivity index (χ2n) is 3.32. The van der Waals surface area contributed by atoms with Crippen molar-refractivity contribution in [3.8, 4) is 0 Å². The van der Waals surface area contributed by atoms with Crippen LogP contribution in [0.25, 0.3) is 0 Å². The topological polar surface area (TPSA) is 92.4 Å². The van der Waals surface area contributed by atoms with E-state index in [1.165, 1.54) is 6.07 Å². The van der Waals surface area contributed by atoms with Crippen molar-refractivity contribution in [3.05, 3.63) is 29.0 Å². The van der Waals surface area contributed by atoms with Crippen LogP contribution in [0.2, 0.25) is 5.02 Å². The molecule has 0 aliphatic heterocycles. The van der Waals surface area contributed by atoms with E-state index in [0.717, 1.165) is 12.1 Å². The fourth-order valence-electron chi connectivity index (χ4n) is 1.10. The van der Waals surface area contributed by atoms with Crippen LogP contribution in [-0.2, 0) is 9.59 Å². The lowest BCUT2D eigenvalue weighted by molar-refractivity contribution is -0.138. The van der Waals surface area contributed by atoms with Crippen LogP contribution in [0.4, 0.5) is 10.1 Å². The van der Waals surface area contributed by atoms with Crippen molar-refractivity contribution in [2.75, 3.05) is 5.32 Å². The van der Waals surface area contributed by atoms with E-state index in [2.05, 4.69) is 5.32 Å². The Morgan fingerprint density at radius 2 is 2.18 bits per heavy atom. The number of hydrogen-bond donors (Lipinski definition) is 3. The summed E-state index contributed by atoms with van der Waals surface area (Å²) in [4.78, 5) is 21.8. The van der Waals surface area contributed by atoms with Gasteiger partial charge in [0.15, 0.2) is 0 Å². The lowest BCUT2D eigenvalue weighted by atomic mass is 10.2. The highest BCUT2D eigenvalue weighted by Crippen LogP contribution is 2.22. The third kappa shape index (κ3) is 4.01. The molecule has 0 fully saturated rings. The first-order valence-electron chi connectivity index (χ1n) is 4.63. The number of carboxylic acid groups (broad SMARTS) is 1. The van der Waals surface area contributed by atoms with E-state index < -0.39 is 30.2 Å². The summed E-state index contributed by atoms with van der Waals surface area (Å²) in [6.07, 6.45) is -0.495. The number of benzene rings is 1. The van der Waals surface area contributed by atoms with Crippen LogP contribution >= 0.6 is 11.6 Å². The van der Waals surface area contributed by atoms with Gasteiger partial charge in [0.2, 0.25) is 5.91 Å². The average molecular weight is 261 g/mol. The zero-order chi connectivity index (χ0) is 13.0. The van der Waals surface area contributed by atoms with Gasteiger partial charge in [0.05, 0.1) is 23.2 Å². The van der Waals surface area contributed by atoms with Gasteiger partial charge in [-0.25, -0.2) is 4.39 Å². The van der Waals surface area contributed by atoms with Crippen molar-refractivity contribution in [1.82, 2.24) is 0 Å². The Labute approximate surface area is 101 Å². The van der Waals surface area contributed by atoms with Gasteiger partial charge in [-0.3, -0.25) is 9.59 Å². The average Bonchev–Trinajstić information content (AvgIpc) is 2.21. The first kappa shape index (κ1) is 13.4. The molecule has 1 aromatic carbocycles. The van der Waals surface area contributed by atoms with E-state index in [4.69, 9.17) is 22.4 Å². The molecule has 0 aromatic heterocycles. The molecular formula is C10H10ClFN2O3. The predicted octanol–water partition coefficient (Wildman–Crippen LogP) is 1.22. The number of hydrogen-bond acceptors (Lipinski definition) is 3. The van der Waals surface area contributed by atoms with Crippen molar-refractivity contribution >= 4 is 29.2 Å². The summed E-state index contributed by atoms with van der Waals surface area (Å²) in [6, 6.07) is 2.22. The molecule has 7 heteroatoms. The molecule has 92 valence electrons. The minimum Gasteiger partial charge on any atom is -0.481 e. The Bertz CT molecular complexity index is 453. The second kappa shape index (κ2) is 5.60. The van der Waals surface area contributed by atoms with E-state index >= 15 is 0 Å². The van der Waals surface area contributed by atoms with Crippen LogP contribution in [0, 0.1) is 5.82 Å². The van der Waals surface area contributed by atoms with Gasteiger partial charge < -0.3 is 16.2 Å². The van der Waals surface area contributed by atoms with E-state index in [-0.39, 0.29) is 10.7 Å². The molecule has 0 aliphatic carbocycles. The zero-order valence-electron chi connectivity index (χ0n) is 8.61. The van der Waals surface area contributed by atoms with Gasteiger partial charge in [-0.05, 0) is 18.2 Å². The lowest BCUT2D eigenvalue weighted by Crippen LogP contribution is -2.37. The zero-order valence-corrected chi connectivity index (χ0v) is 9.37. The van der Waals surface area contributed by atoms with Gasteiger partial charge in [0.1, 0.15) is 5.82 Å². The predicted molar refractivity (Wildman–Crippen MR) is 60.3 cm³/mol. The molecule has 5 nitrogen and oxygen atoms in total. The summed E-state index contributed by atoms with van der Waals surface area (Å²) in [5.41, 5.74) is 5.52. The van der Waals surface area contributed by atoms with Gasteiger partial charge in [0, 0.05) is 0 Å². The van der Waals surface area contributed by atoms with Gasteiger partial charge >= 0.3 is 5.97 Å². The van der Waals surface area contributed by atoms with Gasteiger partial charge in [-0.1, -0.05) is 11.6 Å². The number of anilines is 1. The van der Waals surface area contributed by atoms with E-state index in [1.54, 1.807) is 0 Å². The molecule has 0 spiro atoms. The second-order valence-corrected chi connectivity index (χ2v) is 3.72. The summed E-state index contributed by atoms with van der Waals surface area (Å²) in [7, 11) is 0. The van der Waals surface area contributed by atoms with Gasteiger partial charge in [-0.2, -0.15) is 0 Å². The number of rotatable bonds is 4. The maximum Gasteiger partial charge on any atom is 0.305 e. The largest absolute Gasteiger partial charge is 0.481 e. The molecule has 1 aromatic rings. The Hall–Kier alpha value is -1.66.